The number of aromatic nitrogens is 2. The van der Waals surface area contributed by atoms with E-state index in [1.54, 1.807) is 34.6 Å². The first kappa shape index (κ1) is 32.9. The molecule has 0 saturated carbocycles. The van der Waals surface area contributed by atoms with Gasteiger partial charge >= 0.3 is 25.3 Å². The Bertz CT molecular complexity index is 1110. The number of aliphatic hydroxyl groups is 2. The quantitative estimate of drug-likeness (QED) is 0.201. The second-order valence-electron chi connectivity index (χ2n) is 10.1. The van der Waals surface area contributed by atoms with Gasteiger partial charge in [-0.2, -0.15) is 4.98 Å². The van der Waals surface area contributed by atoms with E-state index in [-0.39, 0.29) is 0 Å². The molecule has 6 atom stereocenters. The number of nitrogens with one attached hydrogen (secondary N) is 2. The molecule has 1 fully saturated rings. The van der Waals surface area contributed by atoms with E-state index < -0.39 is 80.0 Å². The summed E-state index contributed by atoms with van der Waals surface area (Å²) in [7, 11) is -4.49. The van der Waals surface area contributed by atoms with Crippen molar-refractivity contribution >= 4 is 19.6 Å². The molecule has 0 bridgehead atoms. The number of halogens is 1. The number of aliphatic hydroxyl groups excluding tert-OH is 1. The second kappa shape index (κ2) is 12.5. The third-order valence-electron chi connectivity index (χ3n) is 5.57. The summed E-state index contributed by atoms with van der Waals surface area (Å²) in [4.78, 5) is 40.7. The summed E-state index contributed by atoms with van der Waals surface area (Å²) < 4.78 is 51.2. The Hall–Kier alpha value is -2.26. The molecule has 1 aromatic heterocycles. The van der Waals surface area contributed by atoms with E-state index in [1.807, 2.05) is 0 Å². The molecular weight excluding hydrogens is 542 g/mol. The fourth-order valence-corrected chi connectivity index (χ4v) is 5.46. The standard InChI is InChI=1S/C23H38FN4O10P/c1-12(2)36-17(29)15(6)26-39(34,27-16(7)18(30)37-13(3)4)35-11-23(24)19(31)22(8,33)20(38-23)28-10-9-14(5)25-21(28)32/h9-10,12-13,15-16,19-20,31,33H,11H2,1-8H3,(H2,26,27,34)/t15-,16-,19-,20+,22+,23+/m0/s1. The van der Waals surface area contributed by atoms with Crippen LogP contribution >= 0.6 is 7.67 Å². The lowest BCUT2D eigenvalue weighted by Crippen LogP contribution is -2.50. The number of carbonyl (C=O) groups excluding carboxylic acids is 2. The molecule has 222 valence electrons. The summed E-state index contributed by atoms with van der Waals surface area (Å²) in [6.45, 7) is 10.4. The minimum Gasteiger partial charge on any atom is -0.462 e. The zero-order chi connectivity index (χ0) is 29.9. The molecule has 0 aliphatic carbocycles. The predicted molar refractivity (Wildman–Crippen MR) is 135 cm³/mol. The minimum atomic E-state index is -4.49. The molecule has 0 aromatic carbocycles. The van der Waals surface area contributed by atoms with Crippen LogP contribution in [0.3, 0.4) is 0 Å². The van der Waals surface area contributed by atoms with Crippen molar-refractivity contribution < 1.29 is 47.5 Å². The highest BCUT2D eigenvalue weighted by atomic mass is 31.2. The SMILES string of the molecule is Cc1ccn([C@@H]2O[C@](F)(COP(=O)(N[C@@H](C)C(=O)OC(C)C)N[C@@H](C)C(=O)OC(C)C)[C@@H](O)[C@@]2(C)O)c(=O)n1. The van der Waals surface area contributed by atoms with Crippen LogP contribution in [0.1, 0.15) is 60.4 Å². The Kier molecular flexibility index (Phi) is 10.6. The molecule has 2 rings (SSSR count). The van der Waals surface area contributed by atoms with Crippen LogP contribution in [0.4, 0.5) is 4.39 Å². The Morgan fingerprint density at radius 3 is 2.08 bits per heavy atom. The predicted octanol–water partition coefficient (Wildman–Crippen LogP) is 0.842. The van der Waals surface area contributed by atoms with Crippen LogP contribution in [0.2, 0.25) is 0 Å². The summed E-state index contributed by atoms with van der Waals surface area (Å²) in [6, 6.07) is -1.09. The number of aryl methyl sites for hydroxylation is 1. The van der Waals surface area contributed by atoms with Crippen LogP contribution < -0.4 is 15.9 Å². The van der Waals surface area contributed by atoms with Gasteiger partial charge in [0.15, 0.2) is 6.23 Å². The van der Waals surface area contributed by atoms with E-state index in [4.69, 9.17) is 18.7 Å². The zero-order valence-electron chi connectivity index (χ0n) is 23.2. The maximum atomic E-state index is 16.0. The maximum Gasteiger partial charge on any atom is 0.349 e. The van der Waals surface area contributed by atoms with Gasteiger partial charge in [0, 0.05) is 11.9 Å². The number of carbonyl (C=O) groups is 2. The van der Waals surface area contributed by atoms with Gasteiger partial charge in [0.1, 0.15) is 30.4 Å². The minimum absolute atomic E-state index is 0.359. The molecule has 1 aromatic rings. The molecule has 4 N–H and O–H groups in total. The van der Waals surface area contributed by atoms with Crippen LogP contribution in [0.25, 0.3) is 0 Å². The van der Waals surface area contributed by atoms with Gasteiger partial charge in [0.2, 0.25) is 0 Å². The lowest BCUT2D eigenvalue weighted by molar-refractivity contribution is -0.203. The van der Waals surface area contributed by atoms with Crippen molar-refractivity contribution in [3.8, 4) is 0 Å². The Balaban J connectivity index is 2.32. The molecule has 1 aliphatic rings. The van der Waals surface area contributed by atoms with E-state index in [0.29, 0.717) is 5.69 Å². The zero-order valence-corrected chi connectivity index (χ0v) is 24.1. The van der Waals surface area contributed by atoms with Crippen molar-refractivity contribution in [2.24, 2.45) is 0 Å². The van der Waals surface area contributed by atoms with Crippen molar-refractivity contribution in [3.05, 3.63) is 28.4 Å². The van der Waals surface area contributed by atoms with Gasteiger partial charge in [0.25, 0.3) is 5.85 Å². The van der Waals surface area contributed by atoms with Gasteiger partial charge in [-0.05, 0) is 61.5 Å². The Morgan fingerprint density at radius 2 is 1.64 bits per heavy atom. The average Bonchev–Trinajstić information content (AvgIpc) is 2.97. The van der Waals surface area contributed by atoms with Crippen LogP contribution in [0.5, 0.6) is 0 Å². The monoisotopic (exact) mass is 580 g/mol. The fourth-order valence-electron chi connectivity index (χ4n) is 3.64. The average molecular weight is 581 g/mol. The van der Waals surface area contributed by atoms with Gasteiger partial charge < -0.3 is 24.4 Å². The van der Waals surface area contributed by atoms with Crippen molar-refractivity contribution in [1.82, 2.24) is 19.7 Å². The lowest BCUT2D eigenvalue weighted by atomic mass is 9.95. The maximum absolute atomic E-state index is 16.0. The number of alkyl halides is 1. The van der Waals surface area contributed by atoms with Crippen LogP contribution in [0.15, 0.2) is 17.1 Å². The molecule has 0 amide bonds. The molecule has 1 aliphatic heterocycles. The van der Waals surface area contributed by atoms with Crippen molar-refractivity contribution in [2.75, 3.05) is 6.61 Å². The van der Waals surface area contributed by atoms with Crippen molar-refractivity contribution in [1.29, 1.82) is 0 Å². The van der Waals surface area contributed by atoms with Gasteiger partial charge in [-0.15, -0.1) is 0 Å². The number of rotatable bonds is 12. The summed E-state index contributed by atoms with van der Waals surface area (Å²) in [6.07, 6.45) is -3.80. The third kappa shape index (κ3) is 8.13. The van der Waals surface area contributed by atoms with Crippen LogP contribution in [-0.2, 0) is 32.9 Å². The van der Waals surface area contributed by atoms with E-state index in [9.17, 15) is 29.2 Å². The largest absolute Gasteiger partial charge is 0.462 e. The molecule has 39 heavy (non-hydrogen) atoms. The van der Waals surface area contributed by atoms with Crippen LogP contribution in [0, 0.1) is 6.92 Å². The summed E-state index contributed by atoms with van der Waals surface area (Å²) in [5.41, 5.74) is -2.87. The van der Waals surface area contributed by atoms with Gasteiger partial charge in [-0.1, -0.05) is 0 Å². The van der Waals surface area contributed by atoms with Gasteiger partial charge in [-0.3, -0.25) is 23.2 Å². The van der Waals surface area contributed by atoms with E-state index >= 15 is 4.39 Å². The van der Waals surface area contributed by atoms with Crippen LogP contribution in [-0.4, -0.2) is 80.2 Å². The third-order valence-corrected chi connectivity index (χ3v) is 7.52. The van der Waals surface area contributed by atoms with E-state index in [1.165, 1.54) is 26.1 Å². The first-order chi connectivity index (χ1) is 17.8. The molecule has 16 heteroatoms. The summed E-state index contributed by atoms with van der Waals surface area (Å²) >= 11 is 0. The normalized spacial score (nSPS) is 27.0. The fraction of sp³-hybridized carbons (Fsp3) is 0.739. The Labute approximate surface area is 225 Å². The number of hydrogen-bond donors (Lipinski definition) is 4. The number of ether oxygens (including phenoxy) is 3. The first-order valence-corrected chi connectivity index (χ1v) is 14.0. The van der Waals surface area contributed by atoms with Gasteiger partial charge in [0.05, 0.1) is 12.2 Å². The number of esters is 2. The molecular formula is C23H38FN4O10P. The number of nitrogens with zero attached hydrogens (tertiary/aromatic N) is 2. The van der Waals surface area contributed by atoms with E-state index in [2.05, 4.69) is 15.2 Å². The molecule has 0 radical (unpaired) electrons. The second-order valence-corrected chi connectivity index (χ2v) is 12.0. The molecule has 0 unspecified atom stereocenters. The summed E-state index contributed by atoms with van der Waals surface area (Å²) in [5.74, 6) is -4.82. The first-order valence-electron chi connectivity index (χ1n) is 12.4. The molecule has 0 spiro atoms. The lowest BCUT2D eigenvalue weighted by Gasteiger charge is -2.30. The topological polar surface area (TPSA) is 188 Å². The molecule has 1 saturated heterocycles. The Morgan fingerprint density at radius 1 is 1.15 bits per heavy atom. The summed E-state index contributed by atoms with van der Waals surface area (Å²) in [5, 5.41) is 26.3. The highest BCUT2D eigenvalue weighted by molar-refractivity contribution is 7.54. The van der Waals surface area contributed by atoms with Crippen molar-refractivity contribution in [2.45, 2.75) is 103 Å². The van der Waals surface area contributed by atoms with E-state index in [0.717, 1.165) is 11.5 Å². The van der Waals surface area contributed by atoms with Crippen molar-refractivity contribution in [3.63, 3.8) is 0 Å². The highest BCUT2D eigenvalue weighted by Gasteiger charge is 2.63. The smallest absolute Gasteiger partial charge is 0.349 e. The van der Waals surface area contributed by atoms with Gasteiger partial charge in [-0.25, -0.2) is 19.4 Å². The molecule has 2 heterocycles. The molecule has 14 nitrogen and oxygen atoms in total. The highest BCUT2D eigenvalue weighted by Crippen LogP contribution is 2.48. The number of hydrogen-bond acceptors (Lipinski definition) is 11.